The van der Waals surface area contributed by atoms with Gasteiger partial charge in [0, 0.05) is 30.3 Å². The zero-order valence-corrected chi connectivity index (χ0v) is 15.0. The lowest BCUT2D eigenvalue weighted by atomic mass is 9.81. The molecule has 0 aliphatic carbocycles. The van der Waals surface area contributed by atoms with E-state index in [4.69, 9.17) is 9.47 Å². The average Bonchev–Trinajstić information content (AvgIpc) is 3.20. The third-order valence-electron chi connectivity index (χ3n) is 4.98. The van der Waals surface area contributed by atoms with E-state index in [-0.39, 0.29) is 11.5 Å². The van der Waals surface area contributed by atoms with E-state index in [1.807, 2.05) is 29.3 Å². The smallest absolute Gasteiger partial charge is 0.273 e. The maximum atomic E-state index is 12.5. The number of likely N-dealkylation sites (tertiary alicyclic amines) is 1. The van der Waals surface area contributed by atoms with Crippen molar-refractivity contribution in [3.63, 3.8) is 0 Å². The van der Waals surface area contributed by atoms with Crippen LogP contribution in [0.5, 0.6) is 0 Å². The zero-order valence-electron chi connectivity index (χ0n) is 14.2. The summed E-state index contributed by atoms with van der Waals surface area (Å²) in [6.45, 7) is 5.14. The van der Waals surface area contributed by atoms with Crippen molar-refractivity contribution in [1.29, 1.82) is 0 Å². The first-order valence-electron chi connectivity index (χ1n) is 8.48. The SMILES string of the molecule is Cc1nc(C(=O)N2CC3(C2)OCCC3COCc2ccncc2)cs1. The minimum Gasteiger partial charge on any atom is -0.376 e. The summed E-state index contributed by atoms with van der Waals surface area (Å²) in [6.07, 6.45) is 4.52. The first kappa shape index (κ1) is 16.6. The summed E-state index contributed by atoms with van der Waals surface area (Å²) in [7, 11) is 0. The van der Waals surface area contributed by atoms with Crippen LogP contribution < -0.4 is 0 Å². The van der Waals surface area contributed by atoms with Gasteiger partial charge in [0.05, 0.1) is 31.3 Å². The van der Waals surface area contributed by atoms with Gasteiger partial charge in [0.15, 0.2) is 0 Å². The lowest BCUT2D eigenvalue weighted by Crippen LogP contribution is -2.66. The first-order chi connectivity index (χ1) is 12.2. The molecule has 4 rings (SSSR count). The molecule has 1 unspecified atom stereocenters. The van der Waals surface area contributed by atoms with Gasteiger partial charge in [0.1, 0.15) is 11.3 Å². The van der Waals surface area contributed by atoms with Crippen molar-refractivity contribution < 1.29 is 14.3 Å². The van der Waals surface area contributed by atoms with Gasteiger partial charge in [0.2, 0.25) is 0 Å². The molecule has 7 heteroatoms. The van der Waals surface area contributed by atoms with Crippen molar-refractivity contribution in [2.24, 2.45) is 5.92 Å². The maximum Gasteiger partial charge on any atom is 0.273 e. The summed E-state index contributed by atoms with van der Waals surface area (Å²) >= 11 is 1.50. The molecule has 1 atom stereocenters. The Hall–Kier alpha value is -1.83. The van der Waals surface area contributed by atoms with E-state index in [1.54, 1.807) is 12.4 Å². The molecular formula is C18H21N3O3S. The van der Waals surface area contributed by atoms with E-state index in [0.29, 0.717) is 37.9 Å². The number of nitrogens with zero attached hydrogens (tertiary/aromatic N) is 3. The molecule has 132 valence electrons. The van der Waals surface area contributed by atoms with Crippen LogP contribution in [0.25, 0.3) is 0 Å². The number of aryl methyl sites for hydroxylation is 1. The molecule has 0 radical (unpaired) electrons. The fourth-order valence-corrected chi connectivity index (χ4v) is 4.12. The highest BCUT2D eigenvalue weighted by molar-refractivity contribution is 7.09. The van der Waals surface area contributed by atoms with Crippen LogP contribution in [0.1, 0.15) is 27.5 Å². The lowest BCUT2D eigenvalue weighted by molar-refractivity contribution is -0.129. The van der Waals surface area contributed by atoms with Crippen LogP contribution in [-0.4, -0.2) is 52.7 Å². The molecule has 2 aliphatic heterocycles. The molecule has 0 saturated carbocycles. The Balaban J connectivity index is 1.31. The third-order valence-corrected chi connectivity index (χ3v) is 5.75. The molecule has 2 aromatic rings. The topological polar surface area (TPSA) is 64.6 Å². The van der Waals surface area contributed by atoms with E-state index in [1.165, 1.54) is 11.3 Å². The van der Waals surface area contributed by atoms with Crippen LogP contribution in [0.15, 0.2) is 29.9 Å². The fourth-order valence-electron chi connectivity index (χ4n) is 3.54. The van der Waals surface area contributed by atoms with E-state index in [9.17, 15) is 4.79 Å². The van der Waals surface area contributed by atoms with Gasteiger partial charge in [-0.25, -0.2) is 4.98 Å². The molecule has 4 heterocycles. The number of carbonyl (C=O) groups is 1. The summed E-state index contributed by atoms with van der Waals surface area (Å²) in [6, 6.07) is 3.92. The van der Waals surface area contributed by atoms with Gasteiger partial charge in [-0.1, -0.05) is 0 Å². The number of pyridine rings is 1. The molecule has 0 bridgehead atoms. The number of rotatable bonds is 5. The van der Waals surface area contributed by atoms with Crippen LogP contribution in [0.2, 0.25) is 0 Å². The highest BCUT2D eigenvalue weighted by atomic mass is 32.1. The largest absolute Gasteiger partial charge is 0.376 e. The second kappa shape index (κ2) is 6.82. The Labute approximate surface area is 150 Å². The standard InChI is InChI=1S/C18H21N3O3S/c1-13-20-16(10-25-13)17(22)21-11-18(12-21)15(4-7-24-18)9-23-8-14-2-5-19-6-3-14/h2-3,5-6,10,15H,4,7-9,11-12H2,1H3. The van der Waals surface area contributed by atoms with Crippen molar-refractivity contribution in [3.8, 4) is 0 Å². The Morgan fingerprint density at radius 1 is 1.44 bits per heavy atom. The summed E-state index contributed by atoms with van der Waals surface area (Å²) < 4.78 is 11.9. The minimum absolute atomic E-state index is 0.00179. The Bertz CT molecular complexity index is 743. The van der Waals surface area contributed by atoms with E-state index < -0.39 is 0 Å². The normalized spacial score (nSPS) is 21.5. The summed E-state index contributed by atoms with van der Waals surface area (Å²) in [5, 5.41) is 2.74. The van der Waals surface area contributed by atoms with Crippen molar-refractivity contribution in [2.75, 3.05) is 26.3 Å². The van der Waals surface area contributed by atoms with Gasteiger partial charge < -0.3 is 14.4 Å². The van der Waals surface area contributed by atoms with Gasteiger partial charge in [-0.2, -0.15) is 0 Å². The van der Waals surface area contributed by atoms with Gasteiger partial charge >= 0.3 is 0 Å². The molecule has 25 heavy (non-hydrogen) atoms. The maximum absolute atomic E-state index is 12.5. The molecule has 2 aromatic heterocycles. The minimum atomic E-state index is -0.237. The fraction of sp³-hybridized carbons (Fsp3) is 0.500. The van der Waals surface area contributed by atoms with Gasteiger partial charge in [0.25, 0.3) is 5.91 Å². The Kier molecular flexibility index (Phi) is 4.54. The van der Waals surface area contributed by atoms with Crippen LogP contribution in [0.3, 0.4) is 0 Å². The number of thiazole rings is 1. The highest BCUT2D eigenvalue weighted by Gasteiger charge is 2.54. The van der Waals surface area contributed by atoms with E-state index >= 15 is 0 Å². The molecule has 0 N–H and O–H groups in total. The molecule has 0 aromatic carbocycles. The molecule has 2 aliphatic rings. The molecule has 2 saturated heterocycles. The number of hydrogen-bond donors (Lipinski definition) is 0. The second-order valence-electron chi connectivity index (χ2n) is 6.68. The summed E-state index contributed by atoms with van der Waals surface area (Å²) in [5.41, 5.74) is 1.42. The van der Waals surface area contributed by atoms with Crippen molar-refractivity contribution in [1.82, 2.24) is 14.9 Å². The number of carbonyl (C=O) groups excluding carboxylic acids is 1. The Morgan fingerprint density at radius 3 is 2.96 bits per heavy atom. The van der Waals surface area contributed by atoms with Gasteiger partial charge in [-0.15, -0.1) is 11.3 Å². The van der Waals surface area contributed by atoms with Crippen LogP contribution >= 0.6 is 11.3 Å². The van der Waals surface area contributed by atoms with Crippen LogP contribution in [0, 0.1) is 12.8 Å². The second-order valence-corrected chi connectivity index (χ2v) is 7.74. The van der Waals surface area contributed by atoms with Crippen molar-refractivity contribution in [3.05, 3.63) is 46.2 Å². The monoisotopic (exact) mass is 359 g/mol. The van der Waals surface area contributed by atoms with E-state index in [2.05, 4.69) is 9.97 Å². The summed E-state index contributed by atoms with van der Waals surface area (Å²) in [5.74, 6) is 0.331. The number of ether oxygens (including phenoxy) is 2. The predicted octanol–water partition coefficient (Wildman–Crippen LogP) is 2.29. The van der Waals surface area contributed by atoms with Crippen LogP contribution in [-0.2, 0) is 16.1 Å². The molecule has 6 nitrogen and oxygen atoms in total. The number of aromatic nitrogens is 2. The number of hydrogen-bond acceptors (Lipinski definition) is 6. The summed E-state index contributed by atoms with van der Waals surface area (Å²) in [4.78, 5) is 22.6. The number of amides is 1. The first-order valence-corrected chi connectivity index (χ1v) is 9.36. The lowest BCUT2D eigenvalue weighted by Gasteiger charge is -2.49. The molecule has 2 fully saturated rings. The van der Waals surface area contributed by atoms with Gasteiger partial charge in [-0.3, -0.25) is 9.78 Å². The Morgan fingerprint density at radius 2 is 2.24 bits per heavy atom. The quantitative estimate of drug-likeness (QED) is 0.820. The van der Waals surface area contributed by atoms with Crippen molar-refractivity contribution >= 4 is 17.2 Å². The average molecular weight is 359 g/mol. The van der Waals surface area contributed by atoms with Crippen molar-refractivity contribution in [2.45, 2.75) is 25.6 Å². The van der Waals surface area contributed by atoms with Gasteiger partial charge in [-0.05, 0) is 31.0 Å². The molecule has 1 spiro atoms. The molecular weight excluding hydrogens is 338 g/mol. The van der Waals surface area contributed by atoms with Crippen LogP contribution in [0.4, 0.5) is 0 Å². The predicted molar refractivity (Wildman–Crippen MR) is 93.4 cm³/mol. The highest BCUT2D eigenvalue weighted by Crippen LogP contribution is 2.40. The molecule has 1 amide bonds. The van der Waals surface area contributed by atoms with E-state index in [0.717, 1.165) is 23.6 Å². The third kappa shape index (κ3) is 3.31. The zero-order chi connectivity index (χ0) is 17.3.